The normalized spacial score (nSPS) is 15.3. The van der Waals surface area contributed by atoms with Gasteiger partial charge in [-0.05, 0) is 37.8 Å². The lowest BCUT2D eigenvalue weighted by Gasteiger charge is -2.22. The van der Waals surface area contributed by atoms with Gasteiger partial charge in [0.1, 0.15) is 0 Å². The molecule has 1 fully saturated rings. The van der Waals surface area contributed by atoms with E-state index in [9.17, 15) is 23.3 Å². The number of rotatable bonds is 9. The highest BCUT2D eigenvalue weighted by Gasteiger charge is 2.29. The van der Waals surface area contributed by atoms with Gasteiger partial charge >= 0.3 is 6.09 Å². The molecule has 1 saturated heterocycles. The van der Waals surface area contributed by atoms with Crippen molar-refractivity contribution in [1.82, 2.24) is 14.2 Å². The quantitative estimate of drug-likeness (QED) is 0.313. The van der Waals surface area contributed by atoms with Crippen molar-refractivity contribution in [2.75, 3.05) is 39.4 Å². The SMILES string of the molecule is O=C(OCCCCCO[N+](=O)[O-])N1CCCN(S(=O)(=O)c2cccc3cnccc23)CC1. The van der Waals surface area contributed by atoms with E-state index >= 15 is 0 Å². The second-order valence-electron chi connectivity index (χ2n) is 7.33. The summed E-state index contributed by atoms with van der Waals surface area (Å²) in [5, 5.41) is 10.6. The lowest BCUT2D eigenvalue weighted by atomic mass is 10.2. The number of ether oxygens (including phenoxy) is 1. The number of hydrogen-bond acceptors (Lipinski definition) is 8. The fourth-order valence-corrected chi connectivity index (χ4v) is 5.23. The lowest BCUT2D eigenvalue weighted by molar-refractivity contribution is -0.757. The average Bonchev–Trinajstić information content (AvgIpc) is 3.04. The number of unbranched alkanes of at least 4 members (excludes halogenated alkanes) is 2. The highest BCUT2D eigenvalue weighted by Crippen LogP contribution is 2.26. The van der Waals surface area contributed by atoms with E-state index in [0.29, 0.717) is 44.2 Å². The molecule has 0 aliphatic carbocycles. The van der Waals surface area contributed by atoms with Gasteiger partial charge in [-0.3, -0.25) is 4.98 Å². The first-order chi connectivity index (χ1) is 15.4. The molecule has 12 heteroatoms. The number of benzene rings is 1. The Balaban J connectivity index is 1.52. The molecule has 0 atom stereocenters. The second kappa shape index (κ2) is 11.0. The summed E-state index contributed by atoms with van der Waals surface area (Å²) in [6.45, 7) is 1.34. The molecule has 1 aromatic heterocycles. The van der Waals surface area contributed by atoms with Gasteiger partial charge in [0.2, 0.25) is 10.0 Å². The van der Waals surface area contributed by atoms with Crippen LogP contribution in [0, 0.1) is 10.1 Å². The van der Waals surface area contributed by atoms with Crippen LogP contribution in [0.4, 0.5) is 4.79 Å². The van der Waals surface area contributed by atoms with Gasteiger partial charge in [-0.2, -0.15) is 4.31 Å². The van der Waals surface area contributed by atoms with E-state index in [1.54, 1.807) is 30.6 Å². The maximum Gasteiger partial charge on any atom is 0.409 e. The molecule has 0 unspecified atom stereocenters. The Morgan fingerprint density at radius 2 is 1.91 bits per heavy atom. The Kier molecular flexibility index (Phi) is 8.17. The standard InChI is InChI=1S/C20H26N4O7S/c25-20(30-14-2-1-3-15-31-24(26)27)22-10-5-11-23(13-12-22)32(28,29)19-7-4-6-17-16-21-9-8-18(17)19/h4,6-9,16H,1-3,5,10-15H2. The highest BCUT2D eigenvalue weighted by molar-refractivity contribution is 7.89. The van der Waals surface area contributed by atoms with Crippen LogP contribution in [0.1, 0.15) is 25.7 Å². The van der Waals surface area contributed by atoms with E-state index in [1.165, 1.54) is 9.21 Å². The minimum atomic E-state index is -3.73. The maximum atomic E-state index is 13.3. The van der Waals surface area contributed by atoms with Crippen LogP contribution in [0.2, 0.25) is 0 Å². The van der Waals surface area contributed by atoms with Crippen molar-refractivity contribution in [1.29, 1.82) is 0 Å². The number of fused-ring (bicyclic) bond motifs is 1. The molecule has 11 nitrogen and oxygen atoms in total. The van der Waals surface area contributed by atoms with Crippen LogP contribution in [-0.2, 0) is 19.6 Å². The van der Waals surface area contributed by atoms with E-state index < -0.39 is 21.2 Å². The molecule has 2 heterocycles. The summed E-state index contributed by atoms with van der Waals surface area (Å²) in [4.78, 5) is 32.4. The van der Waals surface area contributed by atoms with E-state index in [-0.39, 0.29) is 31.2 Å². The third-order valence-electron chi connectivity index (χ3n) is 5.18. The molecule has 0 radical (unpaired) electrons. The number of amides is 1. The molecule has 0 bridgehead atoms. The smallest absolute Gasteiger partial charge is 0.409 e. The molecule has 2 aromatic rings. The molecule has 3 rings (SSSR count). The van der Waals surface area contributed by atoms with Crippen LogP contribution in [0.3, 0.4) is 0 Å². The average molecular weight is 467 g/mol. The van der Waals surface area contributed by atoms with Crippen LogP contribution < -0.4 is 0 Å². The van der Waals surface area contributed by atoms with Gasteiger partial charge in [0.05, 0.1) is 18.1 Å². The van der Waals surface area contributed by atoms with Crippen molar-refractivity contribution in [3.05, 3.63) is 46.8 Å². The number of hydrogen-bond donors (Lipinski definition) is 0. The van der Waals surface area contributed by atoms with Crippen molar-refractivity contribution >= 4 is 26.9 Å². The Bertz CT molecular complexity index is 1040. The van der Waals surface area contributed by atoms with Crippen molar-refractivity contribution in [2.45, 2.75) is 30.6 Å². The molecule has 0 spiro atoms. The summed E-state index contributed by atoms with van der Waals surface area (Å²) < 4.78 is 33.2. The Labute approximate surface area is 186 Å². The molecular weight excluding hydrogens is 440 g/mol. The molecule has 174 valence electrons. The molecule has 1 aliphatic heterocycles. The fourth-order valence-electron chi connectivity index (χ4n) is 3.54. The van der Waals surface area contributed by atoms with Gasteiger partial charge in [-0.1, -0.05) is 12.1 Å². The lowest BCUT2D eigenvalue weighted by Crippen LogP contribution is -2.37. The summed E-state index contributed by atoms with van der Waals surface area (Å²) in [6.07, 6.45) is 4.91. The maximum absolute atomic E-state index is 13.3. The third kappa shape index (κ3) is 6.04. The zero-order chi connectivity index (χ0) is 23.0. The molecule has 1 aliphatic rings. The van der Waals surface area contributed by atoms with Crippen molar-refractivity contribution < 1.29 is 27.9 Å². The van der Waals surface area contributed by atoms with Crippen LogP contribution >= 0.6 is 0 Å². The second-order valence-corrected chi connectivity index (χ2v) is 9.24. The van der Waals surface area contributed by atoms with Gasteiger partial charge in [0.25, 0.3) is 5.09 Å². The first-order valence-corrected chi connectivity index (χ1v) is 11.9. The Morgan fingerprint density at radius 1 is 1.09 bits per heavy atom. The van der Waals surface area contributed by atoms with Gasteiger partial charge in [-0.25, -0.2) is 13.2 Å². The molecular formula is C20H26N4O7S. The monoisotopic (exact) mass is 466 g/mol. The molecule has 1 amide bonds. The molecule has 0 saturated carbocycles. The van der Waals surface area contributed by atoms with E-state index in [0.717, 1.165) is 5.39 Å². The number of pyridine rings is 1. The van der Waals surface area contributed by atoms with Crippen molar-refractivity contribution in [2.24, 2.45) is 0 Å². The first kappa shape index (κ1) is 23.7. The van der Waals surface area contributed by atoms with E-state index in [1.807, 2.05) is 6.07 Å². The molecule has 0 N–H and O–H groups in total. The van der Waals surface area contributed by atoms with Crippen molar-refractivity contribution in [3.8, 4) is 0 Å². The van der Waals surface area contributed by atoms with Gasteiger partial charge < -0.3 is 14.5 Å². The minimum Gasteiger partial charge on any atom is -0.449 e. The third-order valence-corrected chi connectivity index (χ3v) is 7.14. The first-order valence-electron chi connectivity index (χ1n) is 10.4. The summed E-state index contributed by atoms with van der Waals surface area (Å²) in [6, 6.07) is 6.79. The molecule has 1 aromatic carbocycles. The minimum absolute atomic E-state index is 0.0184. The van der Waals surface area contributed by atoms with Gasteiger partial charge in [-0.15, -0.1) is 10.1 Å². The fraction of sp³-hybridized carbons (Fsp3) is 0.500. The Morgan fingerprint density at radius 3 is 2.72 bits per heavy atom. The topological polar surface area (TPSA) is 132 Å². The highest BCUT2D eigenvalue weighted by atomic mass is 32.2. The largest absolute Gasteiger partial charge is 0.449 e. The van der Waals surface area contributed by atoms with Crippen LogP contribution in [0.5, 0.6) is 0 Å². The van der Waals surface area contributed by atoms with Crippen LogP contribution in [0.25, 0.3) is 10.8 Å². The van der Waals surface area contributed by atoms with E-state index in [4.69, 9.17) is 4.74 Å². The summed E-state index contributed by atoms with van der Waals surface area (Å²) in [5.74, 6) is 0. The van der Waals surface area contributed by atoms with Crippen molar-refractivity contribution in [3.63, 3.8) is 0 Å². The zero-order valence-corrected chi connectivity index (χ0v) is 18.4. The summed E-state index contributed by atoms with van der Waals surface area (Å²) >= 11 is 0. The zero-order valence-electron chi connectivity index (χ0n) is 17.6. The number of carbonyl (C=O) groups is 1. The number of sulfonamides is 1. The molecule has 32 heavy (non-hydrogen) atoms. The summed E-state index contributed by atoms with van der Waals surface area (Å²) in [5.41, 5.74) is 0. The van der Waals surface area contributed by atoms with Gasteiger partial charge in [0.15, 0.2) is 0 Å². The predicted octanol–water partition coefficient (Wildman–Crippen LogP) is 2.45. The summed E-state index contributed by atoms with van der Waals surface area (Å²) in [7, 11) is -3.73. The van der Waals surface area contributed by atoms with Crippen LogP contribution in [-0.4, -0.2) is 73.2 Å². The van der Waals surface area contributed by atoms with Crippen LogP contribution in [0.15, 0.2) is 41.6 Å². The number of carbonyl (C=O) groups excluding carboxylic acids is 1. The number of nitrogens with zero attached hydrogens (tertiary/aromatic N) is 4. The van der Waals surface area contributed by atoms with Gasteiger partial charge in [0, 0.05) is 49.3 Å². The number of aromatic nitrogens is 1. The Hall–Kier alpha value is -2.99. The van der Waals surface area contributed by atoms with E-state index in [2.05, 4.69) is 9.82 Å². The predicted molar refractivity (Wildman–Crippen MR) is 115 cm³/mol.